The quantitative estimate of drug-likeness (QED) is 0.155. The molecule has 0 N–H and O–H groups in total. The highest BCUT2D eigenvalue weighted by atomic mass is 79.9. The van der Waals surface area contributed by atoms with Crippen LogP contribution < -0.4 is 15.0 Å². The molecule has 210 valence electrons. The van der Waals surface area contributed by atoms with Gasteiger partial charge >= 0.3 is 0 Å². The minimum absolute atomic E-state index is 0.122. The zero-order valence-electron chi connectivity index (χ0n) is 21.8. The lowest BCUT2D eigenvalue weighted by Gasteiger charge is -2.15. The number of rotatable bonds is 7. The zero-order valence-corrected chi connectivity index (χ0v) is 25.7. The fourth-order valence-electron chi connectivity index (χ4n) is 4.40. The predicted octanol–water partition coefficient (Wildman–Crippen LogP) is 8.60. The van der Waals surface area contributed by atoms with Crippen molar-refractivity contribution in [2.75, 3.05) is 7.11 Å². The topological polar surface area (TPSA) is 78.9 Å². The average molecular weight is 712 g/mol. The summed E-state index contributed by atoms with van der Waals surface area (Å²) in [5.41, 5.74) is 1.97. The van der Waals surface area contributed by atoms with Gasteiger partial charge in [-0.15, -0.1) is 0 Å². The van der Waals surface area contributed by atoms with Crippen LogP contribution in [0.1, 0.15) is 11.1 Å². The van der Waals surface area contributed by atoms with Gasteiger partial charge < -0.3 is 13.9 Å². The van der Waals surface area contributed by atoms with Crippen LogP contribution in [0.15, 0.2) is 102 Å². The third-order valence-electron chi connectivity index (χ3n) is 6.41. The molecule has 4 aromatic carbocycles. The monoisotopic (exact) mass is 709 g/mol. The molecule has 0 saturated carbocycles. The van der Waals surface area contributed by atoms with Crippen molar-refractivity contribution < 1.29 is 18.3 Å². The number of benzene rings is 4. The van der Waals surface area contributed by atoms with Crippen molar-refractivity contribution >= 4 is 71.5 Å². The fraction of sp³-hybridized carbons (Fsp3) is 0.0645. The number of ether oxygens (including phenoxy) is 2. The van der Waals surface area contributed by atoms with Crippen molar-refractivity contribution in [3.05, 3.63) is 120 Å². The van der Waals surface area contributed by atoms with Gasteiger partial charge in [-0.05, 0) is 92.0 Å². The molecule has 0 unspecified atom stereocenters. The number of nitrogens with zero attached hydrogens (tertiary/aromatic N) is 3. The number of para-hydroxylation sites is 1. The Labute approximate surface area is 260 Å². The summed E-state index contributed by atoms with van der Waals surface area (Å²) < 4.78 is 33.6. The molecule has 0 aliphatic carbocycles. The number of hydrogen-bond donors (Lipinski definition) is 0. The Hall–Kier alpha value is -3.99. The maximum Gasteiger partial charge on any atom is 0.282 e. The van der Waals surface area contributed by atoms with Crippen LogP contribution in [0.3, 0.4) is 0 Å². The van der Waals surface area contributed by atoms with E-state index in [2.05, 4.69) is 37.0 Å². The van der Waals surface area contributed by atoms with Gasteiger partial charge in [0.05, 0.1) is 28.7 Å². The number of furan rings is 1. The highest BCUT2D eigenvalue weighted by Crippen LogP contribution is 2.42. The summed E-state index contributed by atoms with van der Waals surface area (Å²) in [4.78, 5) is 18.4. The molecule has 0 spiro atoms. The Balaban J connectivity index is 1.43. The van der Waals surface area contributed by atoms with Gasteiger partial charge in [-0.2, -0.15) is 9.78 Å². The molecule has 11 heteroatoms. The third kappa shape index (κ3) is 5.45. The number of halogens is 4. The maximum absolute atomic E-state index is 13.6. The minimum Gasteiger partial charge on any atom is -0.493 e. The number of hydrogen-bond acceptors (Lipinski definition) is 6. The third-order valence-corrected chi connectivity index (χ3v) is 8.79. The smallest absolute Gasteiger partial charge is 0.282 e. The molecular weight excluding hydrogens is 693 g/mol. The second-order valence-corrected chi connectivity index (χ2v) is 11.2. The lowest BCUT2D eigenvalue weighted by atomic mass is 10.2. The van der Waals surface area contributed by atoms with Gasteiger partial charge in [0.2, 0.25) is 5.82 Å². The van der Waals surface area contributed by atoms with Gasteiger partial charge in [0.25, 0.3) is 5.56 Å². The number of aromatic nitrogens is 2. The summed E-state index contributed by atoms with van der Waals surface area (Å²) in [6, 6.07) is 21.9. The Bertz CT molecular complexity index is 2080. The lowest BCUT2D eigenvalue weighted by Crippen LogP contribution is -2.20. The van der Waals surface area contributed by atoms with Gasteiger partial charge in [-0.25, -0.2) is 9.37 Å². The van der Waals surface area contributed by atoms with Crippen LogP contribution in [0.4, 0.5) is 4.39 Å². The van der Waals surface area contributed by atoms with E-state index in [4.69, 9.17) is 30.5 Å². The van der Waals surface area contributed by atoms with E-state index in [1.165, 1.54) is 30.1 Å². The van der Waals surface area contributed by atoms with E-state index in [0.717, 1.165) is 5.39 Å². The van der Waals surface area contributed by atoms with Crippen molar-refractivity contribution in [3.8, 4) is 23.1 Å². The van der Waals surface area contributed by atoms with Crippen LogP contribution in [0.5, 0.6) is 11.5 Å². The summed E-state index contributed by atoms with van der Waals surface area (Å²) >= 11 is 13.3. The fourth-order valence-corrected chi connectivity index (χ4v) is 5.52. The van der Waals surface area contributed by atoms with Gasteiger partial charge in [0, 0.05) is 20.4 Å². The van der Waals surface area contributed by atoms with E-state index < -0.39 is 0 Å². The van der Waals surface area contributed by atoms with Gasteiger partial charge in [-0.3, -0.25) is 4.79 Å². The largest absolute Gasteiger partial charge is 0.493 e. The van der Waals surface area contributed by atoms with Crippen LogP contribution in [0, 0.1) is 5.82 Å². The molecule has 0 bridgehead atoms. The standard InChI is InChI=1S/C31H19Br2ClFN3O4/c1-40-25-14-19(27(32)28(33)29(25)41-16-17-5-4-6-21(35)11-17)15-36-38-30(37-23-8-3-2-7-22(23)31(38)39)26-13-18-12-20(34)9-10-24(18)42-26/h2-15H,16H2,1H3. The average Bonchev–Trinajstić information content (AvgIpc) is 3.41. The first-order valence-electron chi connectivity index (χ1n) is 12.5. The number of methoxy groups -OCH3 is 1. The van der Waals surface area contributed by atoms with Gasteiger partial charge in [0.1, 0.15) is 18.0 Å². The first-order valence-corrected chi connectivity index (χ1v) is 14.5. The summed E-state index contributed by atoms with van der Waals surface area (Å²) in [5, 5.41) is 6.27. The summed E-state index contributed by atoms with van der Waals surface area (Å²) in [6.45, 7) is 0.122. The molecule has 2 aromatic heterocycles. The van der Waals surface area contributed by atoms with Gasteiger partial charge in [-0.1, -0.05) is 35.9 Å². The van der Waals surface area contributed by atoms with Crippen molar-refractivity contribution in [1.29, 1.82) is 0 Å². The van der Waals surface area contributed by atoms with Crippen molar-refractivity contribution in [1.82, 2.24) is 9.66 Å². The second kappa shape index (κ2) is 11.7. The first kappa shape index (κ1) is 28.1. The summed E-state index contributed by atoms with van der Waals surface area (Å²) in [5.74, 6) is 1.04. The van der Waals surface area contributed by atoms with Gasteiger partial charge in [0.15, 0.2) is 17.3 Å². The Morgan fingerprint density at radius 2 is 1.88 bits per heavy atom. The van der Waals surface area contributed by atoms with E-state index in [-0.39, 0.29) is 23.8 Å². The molecule has 0 saturated heterocycles. The molecule has 0 aliphatic heterocycles. The van der Waals surface area contributed by atoms with Crippen molar-refractivity contribution in [2.45, 2.75) is 6.61 Å². The van der Waals surface area contributed by atoms with Crippen LogP contribution in [0.25, 0.3) is 33.5 Å². The molecule has 0 fully saturated rings. The van der Waals surface area contributed by atoms with E-state index in [0.29, 0.717) is 58.8 Å². The Kier molecular flexibility index (Phi) is 7.85. The molecular formula is C31H19Br2ClFN3O4. The van der Waals surface area contributed by atoms with E-state index in [9.17, 15) is 9.18 Å². The van der Waals surface area contributed by atoms with Crippen LogP contribution >= 0.6 is 43.5 Å². The van der Waals surface area contributed by atoms with Crippen LogP contribution in [-0.4, -0.2) is 23.0 Å². The zero-order chi connectivity index (χ0) is 29.4. The molecule has 6 aromatic rings. The maximum atomic E-state index is 13.6. The highest BCUT2D eigenvalue weighted by molar-refractivity contribution is 9.13. The normalized spacial score (nSPS) is 11.5. The van der Waals surface area contributed by atoms with E-state index in [1.54, 1.807) is 60.7 Å². The van der Waals surface area contributed by atoms with Crippen LogP contribution in [-0.2, 0) is 6.61 Å². The van der Waals surface area contributed by atoms with Crippen LogP contribution in [0.2, 0.25) is 5.02 Å². The van der Waals surface area contributed by atoms with E-state index >= 15 is 0 Å². The summed E-state index contributed by atoms with van der Waals surface area (Å²) in [7, 11) is 1.51. The molecule has 42 heavy (non-hydrogen) atoms. The lowest BCUT2D eigenvalue weighted by molar-refractivity contribution is 0.282. The van der Waals surface area contributed by atoms with Crippen molar-refractivity contribution in [2.24, 2.45) is 5.10 Å². The summed E-state index contributed by atoms with van der Waals surface area (Å²) in [6.07, 6.45) is 1.51. The van der Waals surface area contributed by atoms with E-state index in [1.807, 2.05) is 6.07 Å². The van der Waals surface area contributed by atoms with Crippen molar-refractivity contribution in [3.63, 3.8) is 0 Å². The predicted molar refractivity (Wildman–Crippen MR) is 168 cm³/mol. The molecule has 7 nitrogen and oxygen atoms in total. The first-order chi connectivity index (χ1) is 20.3. The molecule has 2 heterocycles. The minimum atomic E-state index is -0.373. The second-order valence-electron chi connectivity index (χ2n) is 9.15. The Morgan fingerprint density at radius 3 is 2.69 bits per heavy atom. The SMILES string of the molecule is COc1cc(C=Nn2c(-c3cc4cc(Cl)ccc4o3)nc3ccccc3c2=O)c(Br)c(Br)c1OCc1cccc(F)c1. The molecule has 0 radical (unpaired) electrons. The highest BCUT2D eigenvalue weighted by Gasteiger charge is 2.19. The molecule has 0 amide bonds. The Morgan fingerprint density at radius 1 is 1.05 bits per heavy atom. The molecule has 6 rings (SSSR count). The molecule has 0 aliphatic rings. The molecule has 0 atom stereocenters. The number of fused-ring (bicyclic) bond motifs is 2.